The first-order chi connectivity index (χ1) is 13.1. The Morgan fingerprint density at radius 1 is 1.26 bits per heavy atom. The molecule has 2 aromatic rings. The lowest BCUT2D eigenvalue weighted by molar-refractivity contribution is -0.135. The van der Waals surface area contributed by atoms with Crippen molar-refractivity contribution in [3.8, 4) is 0 Å². The number of benzene rings is 2. The van der Waals surface area contributed by atoms with E-state index in [2.05, 4.69) is 26.5 Å². The van der Waals surface area contributed by atoms with Gasteiger partial charge in [-0.2, -0.15) is 5.10 Å². The van der Waals surface area contributed by atoms with E-state index in [1.165, 1.54) is 0 Å². The van der Waals surface area contributed by atoms with Crippen LogP contribution in [0.4, 0.5) is 0 Å². The van der Waals surface area contributed by atoms with Crippen molar-refractivity contribution in [2.45, 2.75) is 31.2 Å². The molecule has 5 nitrogen and oxygen atoms in total. The molecule has 0 aromatic heterocycles. The number of Topliss-reactive ketones (excluding diaryl/α,β-unsaturated/α-hetero) is 1. The van der Waals surface area contributed by atoms with Crippen molar-refractivity contribution >= 4 is 33.4 Å². The van der Waals surface area contributed by atoms with Crippen LogP contribution in [0.3, 0.4) is 0 Å². The fraction of sp³-hybridized carbons (Fsp3) is 0.286. The lowest BCUT2D eigenvalue weighted by atomic mass is 9.67. The Bertz CT molecular complexity index is 939. The predicted octanol–water partition coefficient (Wildman–Crippen LogP) is 3.62. The lowest BCUT2D eigenvalue weighted by Crippen LogP contribution is -2.55. The van der Waals surface area contributed by atoms with Crippen LogP contribution in [0.2, 0.25) is 0 Å². The van der Waals surface area contributed by atoms with Gasteiger partial charge in [-0.25, -0.2) is 4.79 Å². The standard InChI is InChI=1S/C21H19BrN2O3/c1-2-27-20(26)18-17(14-7-9-15(22)10-8-14)21(24-23-18)12-11-13-5-3-4-6-16(13)19(21)25/h3-10,17,24H,2,11-12H2,1H3. The number of hydrogen-bond acceptors (Lipinski definition) is 5. The molecule has 0 radical (unpaired) electrons. The second-order valence-electron chi connectivity index (χ2n) is 6.77. The molecule has 6 heteroatoms. The van der Waals surface area contributed by atoms with E-state index in [9.17, 15) is 9.59 Å². The molecule has 0 bridgehead atoms. The number of ketones is 1. The Labute approximate surface area is 165 Å². The molecule has 2 aromatic carbocycles. The van der Waals surface area contributed by atoms with Gasteiger partial charge in [-0.3, -0.25) is 10.2 Å². The average Bonchev–Trinajstić information content (AvgIpc) is 3.06. The summed E-state index contributed by atoms with van der Waals surface area (Å²) in [7, 11) is 0. The van der Waals surface area contributed by atoms with Crippen LogP contribution in [0.5, 0.6) is 0 Å². The van der Waals surface area contributed by atoms with Gasteiger partial charge < -0.3 is 4.74 Å². The minimum atomic E-state index is -0.968. The van der Waals surface area contributed by atoms with Gasteiger partial charge in [0.15, 0.2) is 11.5 Å². The molecule has 0 saturated carbocycles. The molecular weight excluding hydrogens is 408 g/mol. The van der Waals surface area contributed by atoms with Gasteiger partial charge >= 0.3 is 5.97 Å². The van der Waals surface area contributed by atoms with Crippen molar-refractivity contribution < 1.29 is 14.3 Å². The van der Waals surface area contributed by atoms with Gasteiger partial charge in [0, 0.05) is 10.0 Å². The molecule has 1 aliphatic heterocycles. The average molecular weight is 427 g/mol. The highest BCUT2D eigenvalue weighted by Gasteiger charge is 2.56. The summed E-state index contributed by atoms with van der Waals surface area (Å²) >= 11 is 3.44. The number of aryl methyl sites for hydroxylation is 1. The van der Waals surface area contributed by atoms with Crippen LogP contribution in [-0.2, 0) is 16.0 Å². The SMILES string of the molecule is CCOC(=O)C1=NNC2(CCc3ccccc3C2=O)C1c1ccc(Br)cc1. The summed E-state index contributed by atoms with van der Waals surface area (Å²) < 4.78 is 6.14. The summed E-state index contributed by atoms with van der Waals surface area (Å²) in [4.78, 5) is 26.1. The molecule has 1 N–H and O–H groups in total. The van der Waals surface area contributed by atoms with Crippen LogP contribution in [0.1, 0.15) is 40.7 Å². The van der Waals surface area contributed by atoms with Crippen molar-refractivity contribution in [2.75, 3.05) is 6.61 Å². The maximum Gasteiger partial charge on any atom is 0.355 e. The van der Waals surface area contributed by atoms with Gasteiger partial charge in [-0.05, 0) is 43.0 Å². The van der Waals surface area contributed by atoms with E-state index in [0.29, 0.717) is 12.0 Å². The first kappa shape index (κ1) is 17.9. The molecule has 2 aliphatic rings. The summed E-state index contributed by atoms with van der Waals surface area (Å²) in [6.07, 6.45) is 1.31. The third kappa shape index (κ3) is 2.88. The van der Waals surface area contributed by atoms with E-state index < -0.39 is 17.4 Å². The minimum Gasteiger partial charge on any atom is -0.461 e. The van der Waals surface area contributed by atoms with Crippen molar-refractivity contribution in [1.29, 1.82) is 0 Å². The van der Waals surface area contributed by atoms with Crippen molar-refractivity contribution in [3.63, 3.8) is 0 Å². The van der Waals surface area contributed by atoms with Crippen molar-refractivity contribution in [2.24, 2.45) is 5.10 Å². The van der Waals surface area contributed by atoms with Gasteiger partial charge in [0.05, 0.1) is 12.5 Å². The van der Waals surface area contributed by atoms with E-state index in [1.54, 1.807) is 6.92 Å². The number of halogens is 1. The largest absolute Gasteiger partial charge is 0.461 e. The topological polar surface area (TPSA) is 67.8 Å². The second kappa shape index (κ2) is 6.93. The highest BCUT2D eigenvalue weighted by Crippen LogP contribution is 2.43. The Balaban J connectivity index is 1.82. The molecule has 0 fully saturated rings. The highest BCUT2D eigenvalue weighted by molar-refractivity contribution is 9.10. The molecule has 0 amide bonds. The molecule has 0 saturated heterocycles. The monoisotopic (exact) mass is 426 g/mol. The molecule has 1 spiro atoms. The normalized spacial score (nSPS) is 23.6. The number of fused-ring (bicyclic) bond motifs is 1. The lowest BCUT2D eigenvalue weighted by Gasteiger charge is -2.37. The predicted molar refractivity (Wildman–Crippen MR) is 106 cm³/mol. The fourth-order valence-corrected chi connectivity index (χ4v) is 4.28. The second-order valence-corrected chi connectivity index (χ2v) is 7.69. The third-order valence-corrected chi connectivity index (χ3v) is 5.81. The van der Waals surface area contributed by atoms with Crippen LogP contribution in [-0.4, -0.2) is 29.6 Å². The minimum absolute atomic E-state index is 0.0275. The van der Waals surface area contributed by atoms with Crippen LogP contribution >= 0.6 is 15.9 Å². The Kier molecular flexibility index (Phi) is 4.60. The zero-order valence-corrected chi connectivity index (χ0v) is 16.5. The Morgan fingerprint density at radius 3 is 2.74 bits per heavy atom. The molecule has 138 valence electrons. The molecule has 2 atom stereocenters. The zero-order valence-electron chi connectivity index (χ0n) is 14.9. The third-order valence-electron chi connectivity index (χ3n) is 5.29. The maximum absolute atomic E-state index is 13.5. The van der Waals surface area contributed by atoms with Crippen LogP contribution in [0.15, 0.2) is 58.1 Å². The first-order valence-corrected chi connectivity index (χ1v) is 9.76. The summed E-state index contributed by atoms with van der Waals surface area (Å²) in [6.45, 7) is 2.02. The first-order valence-electron chi connectivity index (χ1n) is 8.97. The number of carbonyl (C=O) groups is 2. The van der Waals surface area contributed by atoms with E-state index in [0.717, 1.165) is 22.0 Å². The number of esters is 1. The quantitative estimate of drug-likeness (QED) is 0.760. The van der Waals surface area contributed by atoms with E-state index in [1.807, 2.05) is 48.5 Å². The molecule has 1 heterocycles. The summed E-state index contributed by atoms with van der Waals surface area (Å²) in [5, 5.41) is 4.29. The van der Waals surface area contributed by atoms with Crippen LogP contribution < -0.4 is 5.43 Å². The van der Waals surface area contributed by atoms with E-state index >= 15 is 0 Å². The number of nitrogens with one attached hydrogen (secondary N) is 1. The smallest absolute Gasteiger partial charge is 0.355 e. The summed E-state index contributed by atoms with van der Waals surface area (Å²) in [6, 6.07) is 15.3. The van der Waals surface area contributed by atoms with Gasteiger partial charge in [-0.15, -0.1) is 0 Å². The van der Waals surface area contributed by atoms with E-state index in [4.69, 9.17) is 4.74 Å². The van der Waals surface area contributed by atoms with Crippen molar-refractivity contribution in [3.05, 3.63) is 69.7 Å². The number of rotatable bonds is 3. The Hall–Kier alpha value is -2.47. The van der Waals surface area contributed by atoms with Gasteiger partial charge in [-0.1, -0.05) is 52.3 Å². The molecule has 4 rings (SSSR count). The Morgan fingerprint density at radius 2 is 2.00 bits per heavy atom. The molecule has 2 unspecified atom stereocenters. The molecular formula is C21H19BrN2O3. The molecule has 27 heavy (non-hydrogen) atoms. The van der Waals surface area contributed by atoms with Crippen LogP contribution in [0, 0.1) is 0 Å². The number of ether oxygens (including phenoxy) is 1. The van der Waals surface area contributed by atoms with E-state index in [-0.39, 0.29) is 18.1 Å². The highest BCUT2D eigenvalue weighted by atomic mass is 79.9. The van der Waals surface area contributed by atoms with Gasteiger partial charge in [0.2, 0.25) is 0 Å². The number of hydrogen-bond donors (Lipinski definition) is 1. The number of nitrogens with zero attached hydrogens (tertiary/aromatic N) is 1. The van der Waals surface area contributed by atoms with Gasteiger partial charge in [0.25, 0.3) is 0 Å². The van der Waals surface area contributed by atoms with Crippen LogP contribution in [0.25, 0.3) is 0 Å². The number of carbonyl (C=O) groups excluding carboxylic acids is 2. The zero-order chi connectivity index (χ0) is 19.0. The van der Waals surface area contributed by atoms with Gasteiger partial charge in [0.1, 0.15) is 5.54 Å². The van der Waals surface area contributed by atoms with Crippen molar-refractivity contribution in [1.82, 2.24) is 5.43 Å². The summed E-state index contributed by atoms with van der Waals surface area (Å²) in [5.41, 5.74) is 4.92. The number of hydrazone groups is 1. The maximum atomic E-state index is 13.5. The summed E-state index contributed by atoms with van der Waals surface area (Å²) in [5.74, 6) is -1.01. The fourth-order valence-electron chi connectivity index (χ4n) is 4.02. The molecule has 1 aliphatic carbocycles.